The molecule has 2 saturated carbocycles. The monoisotopic (exact) mass is 237 g/mol. The highest BCUT2D eigenvalue weighted by Gasteiger charge is 2.47. The standard InChI is InChI=1S/C16H31N/c1-3-5-6-7-8-9-16(17-4-2)15-11-13-10-14(13)12-15/h13-17H,3-12H2,1-2H3. The number of rotatable bonds is 9. The lowest BCUT2D eigenvalue weighted by atomic mass is 9.90. The molecule has 1 nitrogen and oxygen atoms in total. The van der Waals surface area contributed by atoms with E-state index in [4.69, 9.17) is 0 Å². The summed E-state index contributed by atoms with van der Waals surface area (Å²) in [4.78, 5) is 0. The lowest BCUT2D eigenvalue weighted by Crippen LogP contribution is -2.35. The van der Waals surface area contributed by atoms with Crippen molar-refractivity contribution >= 4 is 0 Å². The smallest absolute Gasteiger partial charge is 0.00954 e. The van der Waals surface area contributed by atoms with E-state index in [1.54, 1.807) is 6.42 Å². The van der Waals surface area contributed by atoms with Gasteiger partial charge in [0.15, 0.2) is 0 Å². The number of hydrogen-bond donors (Lipinski definition) is 1. The van der Waals surface area contributed by atoms with Crippen molar-refractivity contribution in [3.05, 3.63) is 0 Å². The molecule has 3 unspecified atom stereocenters. The molecule has 0 saturated heterocycles. The summed E-state index contributed by atoms with van der Waals surface area (Å²) < 4.78 is 0. The summed E-state index contributed by atoms with van der Waals surface area (Å²) in [6.45, 7) is 5.72. The van der Waals surface area contributed by atoms with Crippen LogP contribution in [0.5, 0.6) is 0 Å². The summed E-state index contributed by atoms with van der Waals surface area (Å²) in [6.07, 6.45) is 13.2. The highest BCUT2D eigenvalue weighted by atomic mass is 14.9. The molecule has 2 aliphatic carbocycles. The van der Waals surface area contributed by atoms with Gasteiger partial charge in [-0.2, -0.15) is 0 Å². The van der Waals surface area contributed by atoms with Crippen molar-refractivity contribution in [1.82, 2.24) is 5.32 Å². The van der Waals surface area contributed by atoms with E-state index in [2.05, 4.69) is 19.2 Å². The Labute approximate surface area is 108 Å². The molecule has 0 radical (unpaired) electrons. The molecule has 0 aliphatic heterocycles. The van der Waals surface area contributed by atoms with E-state index in [-0.39, 0.29) is 0 Å². The number of hydrogen-bond acceptors (Lipinski definition) is 1. The summed E-state index contributed by atoms with van der Waals surface area (Å²) in [6, 6.07) is 0.842. The molecular formula is C16H31N. The van der Waals surface area contributed by atoms with Crippen LogP contribution in [0, 0.1) is 17.8 Å². The Morgan fingerprint density at radius 3 is 2.29 bits per heavy atom. The lowest BCUT2D eigenvalue weighted by Gasteiger charge is -2.25. The summed E-state index contributed by atoms with van der Waals surface area (Å²) in [5.41, 5.74) is 0. The molecule has 0 aromatic carbocycles. The van der Waals surface area contributed by atoms with E-state index >= 15 is 0 Å². The zero-order valence-corrected chi connectivity index (χ0v) is 11.9. The van der Waals surface area contributed by atoms with Gasteiger partial charge in [-0.15, -0.1) is 0 Å². The van der Waals surface area contributed by atoms with E-state index in [1.807, 2.05) is 0 Å². The van der Waals surface area contributed by atoms with Crippen molar-refractivity contribution in [2.24, 2.45) is 17.8 Å². The minimum Gasteiger partial charge on any atom is -0.314 e. The van der Waals surface area contributed by atoms with Crippen molar-refractivity contribution in [3.63, 3.8) is 0 Å². The number of nitrogens with one attached hydrogen (secondary N) is 1. The van der Waals surface area contributed by atoms with Crippen LogP contribution >= 0.6 is 0 Å². The van der Waals surface area contributed by atoms with Gasteiger partial charge in [-0.1, -0.05) is 46.0 Å². The maximum absolute atomic E-state index is 3.76. The van der Waals surface area contributed by atoms with Crippen LogP contribution < -0.4 is 5.32 Å². The third-order valence-corrected chi connectivity index (χ3v) is 4.93. The largest absolute Gasteiger partial charge is 0.314 e. The maximum Gasteiger partial charge on any atom is 0.00954 e. The molecule has 0 aromatic rings. The highest BCUT2D eigenvalue weighted by molar-refractivity contribution is 4.99. The second kappa shape index (κ2) is 6.78. The van der Waals surface area contributed by atoms with Crippen LogP contribution in [0.25, 0.3) is 0 Å². The van der Waals surface area contributed by atoms with Gasteiger partial charge in [-0.25, -0.2) is 0 Å². The third-order valence-electron chi connectivity index (χ3n) is 4.93. The first-order valence-electron chi connectivity index (χ1n) is 8.08. The van der Waals surface area contributed by atoms with Gasteiger partial charge in [0.1, 0.15) is 0 Å². The minimum absolute atomic E-state index is 0.842. The van der Waals surface area contributed by atoms with Gasteiger partial charge in [-0.05, 0) is 50.0 Å². The van der Waals surface area contributed by atoms with Gasteiger partial charge in [0.2, 0.25) is 0 Å². The highest BCUT2D eigenvalue weighted by Crippen LogP contribution is 2.55. The van der Waals surface area contributed by atoms with E-state index in [1.165, 1.54) is 51.4 Å². The van der Waals surface area contributed by atoms with Crippen LogP contribution in [0.1, 0.15) is 71.6 Å². The Bertz CT molecular complexity index is 204. The molecule has 2 rings (SSSR count). The van der Waals surface area contributed by atoms with E-state index < -0.39 is 0 Å². The first-order valence-corrected chi connectivity index (χ1v) is 8.08. The van der Waals surface area contributed by atoms with Crippen LogP contribution in [-0.2, 0) is 0 Å². The predicted octanol–water partition coefficient (Wildman–Crippen LogP) is 4.37. The first-order chi connectivity index (χ1) is 8.35. The summed E-state index contributed by atoms with van der Waals surface area (Å²) >= 11 is 0. The number of fused-ring (bicyclic) bond motifs is 1. The molecule has 0 aromatic heterocycles. The zero-order chi connectivity index (χ0) is 12.1. The molecule has 0 heterocycles. The summed E-state index contributed by atoms with van der Waals surface area (Å²) in [5.74, 6) is 3.30. The Morgan fingerprint density at radius 1 is 0.941 bits per heavy atom. The molecular weight excluding hydrogens is 206 g/mol. The Balaban J connectivity index is 1.62. The fraction of sp³-hybridized carbons (Fsp3) is 1.00. The van der Waals surface area contributed by atoms with Gasteiger partial charge >= 0.3 is 0 Å². The Kier molecular flexibility index (Phi) is 5.34. The molecule has 100 valence electrons. The van der Waals surface area contributed by atoms with E-state index in [0.717, 1.165) is 30.3 Å². The molecule has 17 heavy (non-hydrogen) atoms. The van der Waals surface area contributed by atoms with Crippen molar-refractivity contribution in [3.8, 4) is 0 Å². The fourth-order valence-corrected chi connectivity index (χ4v) is 3.82. The van der Waals surface area contributed by atoms with Crippen molar-refractivity contribution in [2.75, 3.05) is 6.54 Å². The van der Waals surface area contributed by atoms with Crippen molar-refractivity contribution < 1.29 is 0 Å². The van der Waals surface area contributed by atoms with Crippen molar-refractivity contribution in [1.29, 1.82) is 0 Å². The van der Waals surface area contributed by atoms with E-state index in [0.29, 0.717) is 0 Å². The van der Waals surface area contributed by atoms with Crippen LogP contribution in [0.3, 0.4) is 0 Å². The Morgan fingerprint density at radius 2 is 1.65 bits per heavy atom. The quantitative estimate of drug-likeness (QED) is 0.587. The van der Waals surface area contributed by atoms with Gasteiger partial charge in [-0.3, -0.25) is 0 Å². The molecule has 0 bridgehead atoms. The average Bonchev–Trinajstić information content (AvgIpc) is 2.95. The maximum atomic E-state index is 3.76. The topological polar surface area (TPSA) is 12.0 Å². The molecule has 0 amide bonds. The molecule has 2 aliphatic rings. The third kappa shape index (κ3) is 3.98. The molecule has 3 atom stereocenters. The SMILES string of the molecule is CCCCCCCC(NCC)C1CC2CC2C1. The zero-order valence-electron chi connectivity index (χ0n) is 11.9. The van der Waals surface area contributed by atoms with Crippen LogP contribution in [-0.4, -0.2) is 12.6 Å². The summed E-state index contributed by atoms with van der Waals surface area (Å²) in [7, 11) is 0. The fourth-order valence-electron chi connectivity index (χ4n) is 3.82. The first kappa shape index (κ1) is 13.4. The minimum atomic E-state index is 0.842. The van der Waals surface area contributed by atoms with Crippen LogP contribution in [0.4, 0.5) is 0 Å². The normalized spacial score (nSPS) is 32.5. The molecule has 1 heteroatoms. The van der Waals surface area contributed by atoms with Crippen molar-refractivity contribution in [2.45, 2.75) is 77.7 Å². The van der Waals surface area contributed by atoms with E-state index in [9.17, 15) is 0 Å². The van der Waals surface area contributed by atoms with Gasteiger partial charge in [0.25, 0.3) is 0 Å². The van der Waals surface area contributed by atoms with Gasteiger partial charge in [0.05, 0.1) is 0 Å². The number of unbranched alkanes of at least 4 members (excludes halogenated alkanes) is 4. The molecule has 1 N–H and O–H groups in total. The summed E-state index contributed by atoms with van der Waals surface area (Å²) in [5, 5.41) is 3.76. The van der Waals surface area contributed by atoms with Gasteiger partial charge < -0.3 is 5.32 Å². The lowest BCUT2D eigenvalue weighted by molar-refractivity contribution is 0.314. The predicted molar refractivity (Wildman–Crippen MR) is 75.2 cm³/mol. The second-order valence-corrected chi connectivity index (χ2v) is 6.35. The molecule has 0 spiro atoms. The van der Waals surface area contributed by atoms with Gasteiger partial charge in [0, 0.05) is 6.04 Å². The molecule has 2 fully saturated rings. The van der Waals surface area contributed by atoms with Crippen LogP contribution in [0.15, 0.2) is 0 Å². The van der Waals surface area contributed by atoms with Crippen LogP contribution in [0.2, 0.25) is 0 Å². The average molecular weight is 237 g/mol. The second-order valence-electron chi connectivity index (χ2n) is 6.35. The Hall–Kier alpha value is -0.0400.